The molecule has 2 unspecified atom stereocenters. The Morgan fingerprint density at radius 2 is 1.84 bits per heavy atom. The summed E-state index contributed by atoms with van der Waals surface area (Å²) in [5.41, 5.74) is 1.98. The molecule has 2 heterocycles. The van der Waals surface area contributed by atoms with Crippen molar-refractivity contribution in [1.82, 2.24) is 0 Å². The molecule has 4 rings (SSSR count). The number of fused-ring (bicyclic) bond motifs is 2. The normalized spacial score (nSPS) is 28.2. The van der Waals surface area contributed by atoms with E-state index in [4.69, 9.17) is 23.7 Å². The van der Waals surface area contributed by atoms with E-state index in [1.807, 2.05) is 19.9 Å². The van der Waals surface area contributed by atoms with Crippen molar-refractivity contribution in [1.29, 1.82) is 0 Å². The Morgan fingerprint density at radius 3 is 2.53 bits per heavy atom. The molecular weight excluding hydrogens is 416 g/mol. The van der Waals surface area contributed by atoms with E-state index in [1.165, 1.54) is 7.11 Å². The second-order valence-electron chi connectivity index (χ2n) is 8.69. The lowest BCUT2D eigenvalue weighted by atomic mass is 9.69. The van der Waals surface area contributed by atoms with Crippen LogP contribution in [0.4, 0.5) is 0 Å². The SMILES string of the molecule is C/C=C(/C)C(=O)O[C@H]1c2cc3c(c4c2C(CO4)C(C(=O)C(=O)OC)C[C@@H](C)[C@H]1C)OCO3. The Balaban J connectivity index is 1.88. The summed E-state index contributed by atoms with van der Waals surface area (Å²) in [6.07, 6.45) is 1.57. The number of benzene rings is 1. The number of methoxy groups -OCH3 is 1. The molecule has 172 valence electrons. The highest BCUT2D eigenvalue weighted by atomic mass is 16.7. The van der Waals surface area contributed by atoms with Crippen LogP contribution in [0, 0.1) is 17.8 Å². The Bertz CT molecular complexity index is 994. The third-order valence-corrected chi connectivity index (χ3v) is 6.97. The van der Waals surface area contributed by atoms with Gasteiger partial charge in [-0.25, -0.2) is 9.59 Å². The fraction of sp³-hybridized carbons (Fsp3) is 0.542. The summed E-state index contributed by atoms with van der Waals surface area (Å²) in [6, 6.07) is 1.82. The number of carbonyl (C=O) groups excluding carboxylic acids is 3. The Kier molecular flexibility index (Phi) is 5.88. The van der Waals surface area contributed by atoms with Crippen molar-refractivity contribution in [2.24, 2.45) is 17.8 Å². The van der Waals surface area contributed by atoms with Crippen molar-refractivity contribution in [2.75, 3.05) is 20.5 Å². The fourth-order valence-electron chi connectivity index (χ4n) is 4.78. The number of allylic oxidation sites excluding steroid dienone is 1. The molecule has 3 aliphatic rings. The average Bonchev–Trinajstić information content (AvgIpc) is 3.44. The average molecular weight is 444 g/mol. The Hall–Kier alpha value is -3.03. The monoisotopic (exact) mass is 444 g/mol. The zero-order valence-corrected chi connectivity index (χ0v) is 18.9. The predicted molar refractivity (Wildman–Crippen MR) is 113 cm³/mol. The van der Waals surface area contributed by atoms with Crippen LogP contribution in [-0.2, 0) is 23.9 Å². The number of hydrogen-bond donors (Lipinski definition) is 0. The van der Waals surface area contributed by atoms with Crippen molar-refractivity contribution in [3.63, 3.8) is 0 Å². The van der Waals surface area contributed by atoms with Gasteiger partial charge in [-0.3, -0.25) is 4.79 Å². The van der Waals surface area contributed by atoms with Crippen LogP contribution in [0.5, 0.6) is 17.2 Å². The third-order valence-electron chi connectivity index (χ3n) is 6.97. The van der Waals surface area contributed by atoms with Gasteiger partial charge in [-0.05, 0) is 32.3 Å². The highest BCUT2D eigenvalue weighted by molar-refractivity contribution is 6.34. The van der Waals surface area contributed by atoms with Gasteiger partial charge in [0.2, 0.25) is 18.3 Å². The maximum absolute atomic E-state index is 13.0. The number of ether oxygens (including phenoxy) is 5. The summed E-state index contributed by atoms with van der Waals surface area (Å²) in [5.74, 6) is -1.52. The first-order valence-electron chi connectivity index (χ1n) is 10.8. The van der Waals surface area contributed by atoms with E-state index in [9.17, 15) is 14.4 Å². The van der Waals surface area contributed by atoms with Crippen LogP contribution in [0.15, 0.2) is 17.7 Å². The van der Waals surface area contributed by atoms with Crippen LogP contribution < -0.4 is 14.2 Å². The maximum atomic E-state index is 13.0. The predicted octanol–water partition coefficient (Wildman–Crippen LogP) is 3.48. The minimum absolute atomic E-state index is 0.0278. The van der Waals surface area contributed by atoms with Crippen LogP contribution >= 0.6 is 0 Å². The van der Waals surface area contributed by atoms with Crippen LogP contribution in [0.2, 0.25) is 0 Å². The van der Waals surface area contributed by atoms with Gasteiger partial charge >= 0.3 is 11.9 Å². The van der Waals surface area contributed by atoms with Crippen LogP contribution in [0.1, 0.15) is 57.3 Å². The molecule has 8 heteroatoms. The van der Waals surface area contributed by atoms with E-state index < -0.39 is 29.7 Å². The largest absolute Gasteiger partial charge is 0.489 e. The molecule has 32 heavy (non-hydrogen) atoms. The summed E-state index contributed by atoms with van der Waals surface area (Å²) in [5, 5.41) is 0. The second-order valence-corrected chi connectivity index (χ2v) is 8.69. The van der Waals surface area contributed by atoms with Gasteiger partial charge in [-0.2, -0.15) is 0 Å². The highest BCUT2D eigenvalue weighted by Crippen LogP contribution is 2.57. The third kappa shape index (κ3) is 3.51. The van der Waals surface area contributed by atoms with Gasteiger partial charge in [0.1, 0.15) is 6.10 Å². The number of ketones is 1. The molecule has 2 aliphatic heterocycles. The van der Waals surface area contributed by atoms with Crippen LogP contribution in [0.25, 0.3) is 0 Å². The number of hydrogen-bond acceptors (Lipinski definition) is 8. The van der Waals surface area contributed by atoms with Crippen LogP contribution in [0.3, 0.4) is 0 Å². The molecule has 0 radical (unpaired) electrons. The molecule has 0 aromatic heterocycles. The first-order chi connectivity index (χ1) is 15.3. The lowest BCUT2D eigenvalue weighted by molar-refractivity contribution is -0.154. The molecule has 8 nitrogen and oxygen atoms in total. The standard InChI is InChI=1S/C24H28O8/c1-6-11(2)23(26)32-20-13(4)12(3)7-14(19(25)24(27)28-5)16-9-29-22-18(16)15(20)8-17-21(22)31-10-30-17/h6,8,12-14,16,20H,7,9-10H2,1-5H3/b11-6-/t12-,13-,14?,16?,20-/m1/s1. The van der Waals surface area contributed by atoms with E-state index in [0.717, 1.165) is 11.1 Å². The van der Waals surface area contributed by atoms with Crippen molar-refractivity contribution in [3.8, 4) is 17.2 Å². The lowest BCUT2D eigenvalue weighted by Gasteiger charge is -2.36. The van der Waals surface area contributed by atoms with Crippen molar-refractivity contribution >= 4 is 17.7 Å². The lowest BCUT2D eigenvalue weighted by Crippen LogP contribution is -2.36. The molecular formula is C24H28O8. The fourth-order valence-corrected chi connectivity index (χ4v) is 4.78. The zero-order chi connectivity index (χ0) is 23.2. The molecule has 5 atom stereocenters. The quantitative estimate of drug-likeness (QED) is 0.396. The highest BCUT2D eigenvalue weighted by Gasteiger charge is 2.48. The molecule has 1 aromatic carbocycles. The summed E-state index contributed by atoms with van der Waals surface area (Å²) in [4.78, 5) is 37.9. The Labute approximate surface area is 186 Å². The zero-order valence-electron chi connectivity index (χ0n) is 18.9. The molecule has 0 saturated carbocycles. The first kappa shape index (κ1) is 22.2. The van der Waals surface area contributed by atoms with E-state index in [2.05, 4.69) is 0 Å². The van der Waals surface area contributed by atoms with Crippen LogP contribution in [-0.4, -0.2) is 38.2 Å². The number of esters is 2. The molecule has 0 amide bonds. The molecule has 0 spiro atoms. The second kappa shape index (κ2) is 8.48. The summed E-state index contributed by atoms with van der Waals surface area (Å²) in [6.45, 7) is 7.75. The van der Waals surface area contributed by atoms with Gasteiger partial charge in [-0.1, -0.05) is 19.9 Å². The number of Topliss-reactive ketones (excluding diaryl/α,β-unsaturated/α-hetero) is 1. The van der Waals surface area contributed by atoms with Gasteiger partial charge < -0.3 is 23.7 Å². The number of rotatable bonds is 4. The summed E-state index contributed by atoms with van der Waals surface area (Å²) in [7, 11) is 1.21. The van der Waals surface area contributed by atoms with Crippen molar-refractivity contribution in [3.05, 3.63) is 28.8 Å². The van der Waals surface area contributed by atoms with E-state index in [-0.39, 0.29) is 31.2 Å². The van der Waals surface area contributed by atoms with Crippen molar-refractivity contribution < 1.29 is 38.1 Å². The van der Waals surface area contributed by atoms with E-state index in [0.29, 0.717) is 29.2 Å². The van der Waals surface area contributed by atoms with Gasteiger partial charge in [0.05, 0.1) is 13.7 Å². The van der Waals surface area contributed by atoms with E-state index >= 15 is 0 Å². The summed E-state index contributed by atoms with van der Waals surface area (Å²) >= 11 is 0. The molecule has 0 bridgehead atoms. The van der Waals surface area contributed by atoms with Gasteiger partial charge in [-0.15, -0.1) is 0 Å². The van der Waals surface area contributed by atoms with E-state index in [1.54, 1.807) is 19.9 Å². The number of carbonyl (C=O) groups is 3. The molecule has 0 saturated heterocycles. The maximum Gasteiger partial charge on any atom is 0.374 e. The molecule has 0 N–H and O–H groups in total. The van der Waals surface area contributed by atoms with Gasteiger partial charge in [0.25, 0.3) is 0 Å². The summed E-state index contributed by atoms with van der Waals surface area (Å²) < 4.78 is 28.0. The minimum Gasteiger partial charge on any atom is -0.489 e. The smallest absolute Gasteiger partial charge is 0.374 e. The Morgan fingerprint density at radius 1 is 1.09 bits per heavy atom. The molecule has 1 aliphatic carbocycles. The molecule has 0 fully saturated rings. The topological polar surface area (TPSA) is 97.4 Å². The van der Waals surface area contributed by atoms with Gasteiger partial charge in [0.15, 0.2) is 11.5 Å². The van der Waals surface area contributed by atoms with Crippen molar-refractivity contribution in [2.45, 2.75) is 46.1 Å². The first-order valence-corrected chi connectivity index (χ1v) is 10.8. The molecule has 1 aromatic rings. The van der Waals surface area contributed by atoms with Gasteiger partial charge in [0, 0.05) is 34.5 Å². The minimum atomic E-state index is -0.863.